The van der Waals surface area contributed by atoms with Gasteiger partial charge in [-0.15, -0.1) is 0 Å². The van der Waals surface area contributed by atoms with Gasteiger partial charge < -0.3 is 15.7 Å². The number of nitrogens with zero attached hydrogens (tertiary/aromatic N) is 1. The lowest BCUT2D eigenvalue weighted by molar-refractivity contribution is 0.0696. The number of carboxylic acids is 1. The average molecular weight is 520 g/mol. The largest absolute Gasteiger partial charge is 0.478 e. The smallest absolute Gasteiger partial charge is 0.335 e. The van der Waals surface area contributed by atoms with Crippen LogP contribution in [0.15, 0.2) is 91.0 Å². The van der Waals surface area contributed by atoms with Gasteiger partial charge in [0.1, 0.15) is 0 Å². The molecule has 4 aromatic rings. The molecule has 0 aromatic heterocycles. The Labute approximate surface area is 224 Å². The Balaban J connectivity index is 1.51. The van der Waals surface area contributed by atoms with Crippen LogP contribution in [-0.2, 0) is 0 Å². The maximum absolute atomic E-state index is 13.5. The van der Waals surface area contributed by atoms with Crippen LogP contribution >= 0.6 is 0 Å². The van der Waals surface area contributed by atoms with Gasteiger partial charge in [-0.3, -0.25) is 14.4 Å². The van der Waals surface area contributed by atoms with E-state index >= 15 is 0 Å². The number of fused-ring (bicyclic) bond motifs is 1. The number of aromatic carboxylic acids is 1. The molecule has 194 valence electrons. The first-order chi connectivity index (χ1) is 18.7. The minimum atomic E-state index is -1.20. The van der Waals surface area contributed by atoms with Gasteiger partial charge >= 0.3 is 5.97 Å². The molecule has 8 heteroatoms. The molecule has 0 saturated carbocycles. The molecule has 3 amide bonds. The highest BCUT2D eigenvalue weighted by molar-refractivity contribution is 6.35. The van der Waals surface area contributed by atoms with E-state index in [1.165, 1.54) is 24.3 Å². The summed E-state index contributed by atoms with van der Waals surface area (Å²) >= 11 is 0. The van der Waals surface area contributed by atoms with Crippen LogP contribution in [0.3, 0.4) is 0 Å². The predicted molar refractivity (Wildman–Crippen MR) is 149 cm³/mol. The number of para-hydroxylation sites is 1. The standard InChI is InChI=1S/C31H25N3O5/c1-18(2)19-8-11-22(12-9-19)33-28(35)26-17-23(13-15-27(26)32-21-6-4-3-5-7-21)34-29(36)24-14-10-20(31(38)39)16-25(24)30(34)37/h3-18,32H,1-2H3,(H,33,35)(H,38,39). The number of nitrogens with one attached hydrogen (secondary N) is 2. The van der Waals surface area contributed by atoms with Gasteiger partial charge in [0.2, 0.25) is 0 Å². The van der Waals surface area contributed by atoms with Gasteiger partial charge in [0.15, 0.2) is 0 Å². The zero-order chi connectivity index (χ0) is 27.7. The molecule has 0 fully saturated rings. The lowest BCUT2D eigenvalue weighted by Gasteiger charge is -2.18. The zero-order valence-electron chi connectivity index (χ0n) is 21.3. The van der Waals surface area contributed by atoms with Crippen molar-refractivity contribution in [2.75, 3.05) is 15.5 Å². The Morgan fingerprint density at radius 1 is 0.769 bits per heavy atom. The molecule has 1 aliphatic heterocycles. The van der Waals surface area contributed by atoms with Gasteiger partial charge in [-0.25, -0.2) is 9.69 Å². The summed E-state index contributed by atoms with van der Waals surface area (Å²) in [5.74, 6) is -2.53. The maximum atomic E-state index is 13.5. The fraction of sp³-hybridized carbons (Fsp3) is 0.0968. The molecule has 0 atom stereocenters. The van der Waals surface area contributed by atoms with Crippen molar-refractivity contribution in [3.63, 3.8) is 0 Å². The summed E-state index contributed by atoms with van der Waals surface area (Å²) in [6.45, 7) is 4.17. The van der Waals surface area contributed by atoms with E-state index in [0.29, 0.717) is 17.3 Å². The maximum Gasteiger partial charge on any atom is 0.335 e. The van der Waals surface area contributed by atoms with E-state index in [4.69, 9.17) is 0 Å². The van der Waals surface area contributed by atoms with Crippen molar-refractivity contribution in [2.45, 2.75) is 19.8 Å². The van der Waals surface area contributed by atoms with Crippen LogP contribution in [0.2, 0.25) is 0 Å². The Bertz CT molecular complexity index is 1610. The normalized spacial score (nSPS) is 12.4. The second kappa shape index (κ2) is 10.3. The van der Waals surface area contributed by atoms with Crippen LogP contribution in [0, 0.1) is 0 Å². The SMILES string of the molecule is CC(C)c1ccc(NC(=O)c2cc(N3C(=O)c4ccc(C(=O)O)cc4C3=O)ccc2Nc2ccccc2)cc1. The summed E-state index contributed by atoms with van der Waals surface area (Å²) in [5.41, 5.74) is 3.39. The summed E-state index contributed by atoms with van der Waals surface area (Å²) in [6, 6.07) is 25.3. The molecule has 0 saturated heterocycles. The molecule has 4 aromatic carbocycles. The van der Waals surface area contributed by atoms with E-state index in [1.807, 2.05) is 54.6 Å². The van der Waals surface area contributed by atoms with Gasteiger partial charge in [-0.2, -0.15) is 0 Å². The third-order valence-electron chi connectivity index (χ3n) is 6.53. The van der Waals surface area contributed by atoms with Crippen molar-refractivity contribution in [3.05, 3.63) is 119 Å². The summed E-state index contributed by atoms with van der Waals surface area (Å²) in [6.07, 6.45) is 0. The minimum Gasteiger partial charge on any atom is -0.478 e. The Hall–Kier alpha value is -5.24. The Morgan fingerprint density at radius 3 is 2.13 bits per heavy atom. The van der Waals surface area contributed by atoms with Crippen LogP contribution in [0.4, 0.5) is 22.7 Å². The number of amides is 3. The second-order valence-electron chi connectivity index (χ2n) is 9.46. The van der Waals surface area contributed by atoms with Crippen molar-refractivity contribution in [1.82, 2.24) is 0 Å². The first-order valence-corrected chi connectivity index (χ1v) is 12.4. The Morgan fingerprint density at radius 2 is 1.46 bits per heavy atom. The predicted octanol–water partition coefficient (Wildman–Crippen LogP) is 6.30. The van der Waals surface area contributed by atoms with Crippen molar-refractivity contribution >= 4 is 46.4 Å². The molecule has 1 aliphatic rings. The molecule has 5 rings (SSSR count). The van der Waals surface area contributed by atoms with E-state index in [0.717, 1.165) is 16.2 Å². The lowest BCUT2D eigenvalue weighted by Crippen LogP contribution is -2.29. The average Bonchev–Trinajstić information content (AvgIpc) is 3.18. The van der Waals surface area contributed by atoms with Crippen molar-refractivity contribution < 1.29 is 24.3 Å². The van der Waals surface area contributed by atoms with Crippen LogP contribution in [0.1, 0.15) is 66.8 Å². The number of anilines is 4. The van der Waals surface area contributed by atoms with E-state index in [2.05, 4.69) is 24.5 Å². The number of hydrogen-bond acceptors (Lipinski definition) is 5. The molecular weight excluding hydrogens is 494 g/mol. The van der Waals surface area contributed by atoms with Gasteiger partial charge in [0.25, 0.3) is 17.7 Å². The highest BCUT2D eigenvalue weighted by atomic mass is 16.4. The third-order valence-corrected chi connectivity index (χ3v) is 6.53. The molecule has 0 aliphatic carbocycles. The number of rotatable bonds is 7. The Kier molecular flexibility index (Phi) is 6.68. The van der Waals surface area contributed by atoms with Crippen LogP contribution < -0.4 is 15.5 Å². The summed E-state index contributed by atoms with van der Waals surface area (Å²) in [4.78, 5) is 52.2. The van der Waals surface area contributed by atoms with E-state index < -0.39 is 23.7 Å². The van der Waals surface area contributed by atoms with Crippen molar-refractivity contribution in [1.29, 1.82) is 0 Å². The monoisotopic (exact) mass is 519 g/mol. The summed E-state index contributed by atoms with van der Waals surface area (Å²) in [5, 5.41) is 15.4. The number of carbonyl (C=O) groups excluding carboxylic acids is 3. The number of carboxylic acid groups (broad SMARTS) is 1. The van der Waals surface area contributed by atoms with Gasteiger partial charge in [0.05, 0.1) is 33.6 Å². The first-order valence-electron chi connectivity index (χ1n) is 12.4. The van der Waals surface area contributed by atoms with Crippen molar-refractivity contribution in [3.8, 4) is 0 Å². The summed E-state index contributed by atoms with van der Waals surface area (Å²) < 4.78 is 0. The molecule has 0 spiro atoms. The number of hydrogen-bond donors (Lipinski definition) is 3. The molecule has 39 heavy (non-hydrogen) atoms. The lowest BCUT2D eigenvalue weighted by atomic mass is 10.0. The quantitative estimate of drug-likeness (QED) is 0.247. The molecule has 0 bridgehead atoms. The highest BCUT2D eigenvalue weighted by Gasteiger charge is 2.37. The number of benzene rings is 4. The zero-order valence-corrected chi connectivity index (χ0v) is 21.3. The molecule has 0 unspecified atom stereocenters. The van der Waals surface area contributed by atoms with Crippen LogP contribution in [-0.4, -0.2) is 28.8 Å². The fourth-order valence-corrected chi connectivity index (χ4v) is 4.40. The molecule has 0 radical (unpaired) electrons. The van der Waals surface area contributed by atoms with Crippen molar-refractivity contribution in [2.24, 2.45) is 0 Å². The molecular formula is C31H25N3O5. The molecule has 8 nitrogen and oxygen atoms in total. The third kappa shape index (κ3) is 5.00. The van der Waals surface area contributed by atoms with E-state index in [-0.39, 0.29) is 27.9 Å². The molecule has 1 heterocycles. The first kappa shape index (κ1) is 25.4. The molecule has 3 N–H and O–H groups in total. The van der Waals surface area contributed by atoms with Gasteiger partial charge in [-0.05, 0) is 72.1 Å². The summed E-state index contributed by atoms with van der Waals surface area (Å²) in [7, 11) is 0. The topological polar surface area (TPSA) is 116 Å². The number of carbonyl (C=O) groups is 4. The van der Waals surface area contributed by atoms with E-state index in [9.17, 15) is 24.3 Å². The second-order valence-corrected chi connectivity index (χ2v) is 9.46. The fourth-order valence-electron chi connectivity index (χ4n) is 4.40. The van der Waals surface area contributed by atoms with Gasteiger partial charge in [-0.1, -0.05) is 44.2 Å². The van der Waals surface area contributed by atoms with Crippen LogP contribution in [0.5, 0.6) is 0 Å². The van der Waals surface area contributed by atoms with E-state index in [1.54, 1.807) is 12.1 Å². The van der Waals surface area contributed by atoms with Gasteiger partial charge in [0, 0.05) is 11.4 Å². The highest BCUT2D eigenvalue weighted by Crippen LogP contribution is 2.33. The number of imide groups is 1. The minimum absolute atomic E-state index is 0.00244. The van der Waals surface area contributed by atoms with Crippen LogP contribution in [0.25, 0.3) is 0 Å².